The second-order valence-electron chi connectivity index (χ2n) is 4.55. The number of rotatable bonds is 3. The van der Waals surface area contributed by atoms with Crippen LogP contribution in [0, 0.1) is 12.8 Å². The Morgan fingerprint density at radius 1 is 1.29 bits per heavy atom. The second kappa shape index (κ2) is 4.14. The summed E-state index contributed by atoms with van der Waals surface area (Å²) >= 11 is 0. The Morgan fingerprint density at radius 2 is 1.93 bits per heavy atom. The molecule has 0 radical (unpaired) electrons. The maximum absolute atomic E-state index is 6.16. The quantitative estimate of drug-likeness (QED) is 0.776. The molecule has 1 fully saturated rings. The molecule has 1 nitrogen and oxygen atoms in total. The van der Waals surface area contributed by atoms with Gasteiger partial charge in [-0.3, -0.25) is 0 Å². The molecule has 1 aliphatic carbocycles. The van der Waals surface area contributed by atoms with Gasteiger partial charge in [0.1, 0.15) is 0 Å². The fraction of sp³-hybridized carbons (Fsp3) is 0.538. The van der Waals surface area contributed by atoms with Gasteiger partial charge < -0.3 is 5.73 Å². The van der Waals surface area contributed by atoms with Crippen molar-refractivity contribution in [2.75, 3.05) is 0 Å². The number of aryl methyl sites for hydroxylation is 1. The van der Waals surface area contributed by atoms with E-state index < -0.39 is 0 Å². The molecule has 14 heavy (non-hydrogen) atoms. The van der Waals surface area contributed by atoms with E-state index in [1.807, 2.05) is 0 Å². The Bertz CT molecular complexity index is 285. The Hall–Kier alpha value is -0.820. The molecule has 1 atom stereocenters. The van der Waals surface area contributed by atoms with E-state index in [9.17, 15) is 0 Å². The minimum Gasteiger partial charge on any atom is -0.324 e. The third-order valence-electron chi connectivity index (χ3n) is 3.32. The molecule has 1 aromatic carbocycles. The van der Waals surface area contributed by atoms with Gasteiger partial charge >= 0.3 is 0 Å². The lowest BCUT2D eigenvalue weighted by Gasteiger charge is -2.28. The van der Waals surface area contributed by atoms with Gasteiger partial charge in [-0.05, 0) is 24.8 Å². The van der Waals surface area contributed by atoms with Crippen LogP contribution in [0.3, 0.4) is 0 Å². The van der Waals surface area contributed by atoms with Crippen molar-refractivity contribution in [3.63, 3.8) is 0 Å². The monoisotopic (exact) mass is 189 g/mol. The molecule has 0 amide bonds. The lowest BCUT2D eigenvalue weighted by Crippen LogP contribution is -2.19. The van der Waals surface area contributed by atoms with Crippen LogP contribution in [0.1, 0.15) is 42.9 Å². The molecule has 0 spiro atoms. The van der Waals surface area contributed by atoms with Crippen molar-refractivity contribution >= 4 is 0 Å². The van der Waals surface area contributed by atoms with Crippen LogP contribution in [0.15, 0.2) is 24.3 Å². The Morgan fingerprint density at radius 3 is 2.43 bits per heavy atom. The topological polar surface area (TPSA) is 26.0 Å². The first-order valence-electron chi connectivity index (χ1n) is 5.58. The highest BCUT2D eigenvalue weighted by atomic mass is 14.6. The predicted octanol–water partition coefficient (Wildman–Crippen LogP) is 3.19. The Labute approximate surface area is 86.3 Å². The molecule has 2 N–H and O–H groups in total. The molecule has 0 aliphatic heterocycles. The van der Waals surface area contributed by atoms with E-state index in [1.165, 1.54) is 36.8 Å². The largest absolute Gasteiger partial charge is 0.324 e. The first-order chi connectivity index (χ1) is 6.75. The van der Waals surface area contributed by atoms with E-state index >= 15 is 0 Å². The van der Waals surface area contributed by atoms with Crippen molar-refractivity contribution < 1.29 is 0 Å². The van der Waals surface area contributed by atoms with Crippen molar-refractivity contribution in [3.8, 4) is 0 Å². The Kier molecular flexibility index (Phi) is 2.87. The SMILES string of the molecule is Cc1ccc(C(N)CC2CCC2)cc1. The first kappa shape index (κ1) is 9.72. The summed E-state index contributed by atoms with van der Waals surface area (Å²) in [4.78, 5) is 0. The van der Waals surface area contributed by atoms with Crippen molar-refractivity contribution in [2.24, 2.45) is 11.7 Å². The smallest absolute Gasteiger partial charge is 0.0297 e. The van der Waals surface area contributed by atoms with E-state index in [-0.39, 0.29) is 6.04 Å². The minimum absolute atomic E-state index is 0.251. The van der Waals surface area contributed by atoms with Gasteiger partial charge in [-0.15, -0.1) is 0 Å². The van der Waals surface area contributed by atoms with Crippen molar-refractivity contribution in [3.05, 3.63) is 35.4 Å². The molecule has 1 heteroatoms. The van der Waals surface area contributed by atoms with Crippen LogP contribution in [-0.4, -0.2) is 0 Å². The molecule has 1 aliphatic rings. The highest BCUT2D eigenvalue weighted by Gasteiger charge is 2.20. The number of nitrogens with two attached hydrogens (primary N) is 1. The van der Waals surface area contributed by atoms with E-state index in [1.54, 1.807) is 0 Å². The zero-order valence-electron chi connectivity index (χ0n) is 8.87. The highest BCUT2D eigenvalue weighted by Crippen LogP contribution is 2.33. The van der Waals surface area contributed by atoms with Gasteiger partial charge in [0, 0.05) is 6.04 Å². The summed E-state index contributed by atoms with van der Waals surface area (Å²) in [7, 11) is 0. The maximum atomic E-state index is 6.16. The first-order valence-corrected chi connectivity index (χ1v) is 5.58. The van der Waals surface area contributed by atoms with Crippen molar-refractivity contribution in [2.45, 2.75) is 38.6 Å². The van der Waals surface area contributed by atoms with Gasteiger partial charge in [0.2, 0.25) is 0 Å². The van der Waals surface area contributed by atoms with Crippen LogP contribution >= 0.6 is 0 Å². The van der Waals surface area contributed by atoms with Crippen molar-refractivity contribution in [1.82, 2.24) is 0 Å². The fourth-order valence-corrected chi connectivity index (χ4v) is 2.04. The molecule has 1 unspecified atom stereocenters. The molecule has 1 aromatic rings. The summed E-state index contributed by atoms with van der Waals surface area (Å²) in [6.07, 6.45) is 5.35. The van der Waals surface area contributed by atoms with Gasteiger partial charge in [-0.1, -0.05) is 49.1 Å². The van der Waals surface area contributed by atoms with E-state index in [2.05, 4.69) is 31.2 Å². The van der Waals surface area contributed by atoms with E-state index in [0.29, 0.717) is 0 Å². The number of hydrogen-bond acceptors (Lipinski definition) is 1. The van der Waals surface area contributed by atoms with E-state index in [0.717, 1.165) is 5.92 Å². The van der Waals surface area contributed by atoms with Crippen LogP contribution in [0.25, 0.3) is 0 Å². The molecule has 0 bridgehead atoms. The number of hydrogen-bond donors (Lipinski definition) is 1. The minimum atomic E-state index is 0.251. The van der Waals surface area contributed by atoms with Gasteiger partial charge in [0.25, 0.3) is 0 Å². The second-order valence-corrected chi connectivity index (χ2v) is 4.55. The highest BCUT2D eigenvalue weighted by molar-refractivity contribution is 5.23. The van der Waals surface area contributed by atoms with Crippen LogP contribution in [0.4, 0.5) is 0 Å². The third-order valence-corrected chi connectivity index (χ3v) is 3.32. The summed E-state index contributed by atoms with van der Waals surface area (Å²) in [5.41, 5.74) is 8.76. The molecular formula is C13H19N. The summed E-state index contributed by atoms with van der Waals surface area (Å²) in [5, 5.41) is 0. The number of benzene rings is 1. The summed E-state index contributed by atoms with van der Waals surface area (Å²) < 4.78 is 0. The summed E-state index contributed by atoms with van der Waals surface area (Å²) in [5.74, 6) is 0.895. The molecule has 0 heterocycles. The van der Waals surface area contributed by atoms with E-state index in [4.69, 9.17) is 5.73 Å². The average molecular weight is 189 g/mol. The molecular weight excluding hydrogens is 170 g/mol. The lowest BCUT2D eigenvalue weighted by atomic mass is 9.80. The van der Waals surface area contributed by atoms with Crippen molar-refractivity contribution in [1.29, 1.82) is 0 Å². The average Bonchev–Trinajstić information content (AvgIpc) is 2.12. The summed E-state index contributed by atoms with van der Waals surface area (Å²) in [6.45, 7) is 2.11. The maximum Gasteiger partial charge on any atom is 0.0297 e. The molecule has 76 valence electrons. The van der Waals surface area contributed by atoms with Gasteiger partial charge in [0.05, 0.1) is 0 Å². The van der Waals surface area contributed by atoms with Crippen LogP contribution < -0.4 is 5.73 Å². The normalized spacial score (nSPS) is 19.0. The fourth-order valence-electron chi connectivity index (χ4n) is 2.04. The predicted molar refractivity (Wildman–Crippen MR) is 60.1 cm³/mol. The van der Waals surface area contributed by atoms with Crippen LogP contribution in [0.5, 0.6) is 0 Å². The van der Waals surface area contributed by atoms with Gasteiger partial charge in [-0.25, -0.2) is 0 Å². The van der Waals surface area contributed by atoms with Gasteiger partial charge in [0.15, 0.2) is 0 Å². The lowest BCUT2D eigenvalue weighted by molar-refractivity contribution is 0.277. The molecule has 1 saturated carbocycles. The van der Waals surface area contributed by atoms with Crippen LogP contribution in [-0.2, 0) is 0 Å². The van der Waals surface area contributed by atoms with Gasteiger partial charge in [-0.2, -0.15) is 0 Å². The zero-order chi connectivity index (χ0) is 9.97. The molecule has 2 rings (SSSR count). The third kappa shape index (κ3) is 2.16. The standard InChI is InChI=1S/C13H19N/c1-10-5-7-12(8-6-10)13(14)9-11-3-2-4-11/h5-8,11,13H,2-4,9,14H2,1H3. The Balaban J connectivity index is 1.95. The molecule has 0 saturated heterocycles. The summed E-state index contributed by atoms with van der Waals surface area (Å²) in [6, 6.07) is 8.88. The molecule has 0 aromatic heterocycles. The van der Waals surface area contributed by atoms with Crippen LogP contribution in [0.2, 0.25) is 0 Å². The zero-order valence-corrected chi connectivity index (χ0v) is 8.87.